The molecule has 0 radical (unpaired) electrons. The van der Waals surface area contributed by atoms with Crippen LogP contribution in [0.2, 0.25) is 0 Å². The summed E-state index contributed by atoms with van der Waals surface area (Å²) < 4.78 is 7.15. The van der Waals surface area contributed by atoms with Gasteiger partial charge >= 0.3 is 0 Å². The molecule has 0 amide bonds. The maximum atomic E-state index is 7.55. The maximum absolute atomic E-state index is 7.55. The third kappa shape index (κ3) is 3.93. The Labute approximate surface area is 148 Å². The quantitative estimate of drug-likeness (QED) is 0.205. The summed E-state index contributed by atoms with van der Waals surface area (Å²) in [5, 5.41) is 10.6. The maximum Gasteiger partial charge on any atom is 0.159 e. The van der Waals surface area contributed by atoms with E-state index in [9.17, 15) is 0 Å². The molecule has 1 unspecified atom stereocenters. The molecule has 3 N–H and O–H groups in total. The molecule has 0 fully saturated rings. The summed E-state index contributed by atoms with van der Waals surface area (Å²) in [5.41, 5.74) is 5.56. The van der Waals surface area contributed by atoms with Crippen molar-refractivity contribution in [2.24, 2.45) is 5.73 Å². The zero-order valence-corrected chi connectivity index (χ0v) is 14.8. The Bertz CT molecular complexity index is 814. The van der Waals surface area contributed by atoms with Gasteiger partial charge in [-0.05, 0) is 48.0 Å². The molecule has 24 heavy (non-hydrogen) atoms. The number of hydrogen-bond acceptors (Lipinski definition) is 6. The summed E-state index contributed by atoms with van der Waals surface area (Å²) in [5.74, 6) is 0.832. The number of rotatable bonds is 8. The van der Waals surface area contributed by atoms with Crippen molar-refractivity contribution in [1.82, 2.24) is 0 Å². The third-order valence-electron chi connectivity index (χ3n) is 3.32. The summed E-state index contributed by atoms with van der Waals surface area (Å²) in [6.07, 6.45) is -0.235. The molecule has 0 saturated carbocycles. The van der Waals surface area contributed by atoms with Crippen LogP contribution in [0.3, 0.4) is 0 Å². The van der Waals surface area contributed by atoms with Crippen molar-refractivity contribution in [1.29, 1.82) is 5.41 Å². The minimum absolute atomic E-state index is 0.0836. The number of nitrogens with two attached hydrogens (primary N) is 1. The van der Waals surface area contributed by atoms with Gasteiger partial charge in [0.1, 0.15) is 18.2 Å². The van der Waals surface area contributed by atoms with E-state index < -0.39 is 0 Å². The summed E-state index contributed by atoms with van der Waals surface area (Å²) in [6, 6.07) is 11.8. The smallest absolute Gasteiger partial charge is 0.159 e. The number of ether oxygens (including phenoxy) is 1. The number of benzene rings is 1. The number of nitrogens with one attached hydrogen (secondary N) is 1. The summed E-state index contributed by atoms with van der Waals surface area (Å²) >= 11 is 3.10. The lowest BCUT2D eigenvalue weighted by Crippen LogP contribution is -2.14. The SMILES string of the molecule is CCOOCC(Oc1ccc2cc(C(=N)N)sc2c1)c1cccs1. The van der Waals surface area contributed by atoms with Crippen LogP contribution in [0.5, 0.6) is 5.75 Å². The first-order chi connectivity index (χ1) is 11.7. The molecule has 0 bridgehead atoms. The number of fused-ring (bicyclic) bond motifs is 1. The van der Waals surface area contributed by atoms with Gasteiger partial charge in [-0.1, -0.05) is 6.07 Å². The van der Waals surface area contributed by atoms with Crippen molar-refractivity contribution < 1.29 is 14.5 Å². The number of hydrogen-bond donors (Lipinski definition) is 2. The molecular weight excluding hydrogens is 344 g/mol. The van der Waals surface area contributed by atoms with Gasteiger partial charge in [-0.15, -0.1) is 22.7 Å². The Morgan fingerprint density at radius 3 is 2.83 bits per heavy atom. The lowest BCUT2D eigenvalue weighted by Gasteiger charge is -2.17. The van der Waals surface area contributed by atoms with E-state index in [0.717, 1.165) is 25.6 Å². The Kier molecular flexibility index (Phi) is 5.47. The van der Waals surface area contributed by atoms with Gasteiger partial charge in [-0.3, -0.25) is 5.41 Å². The fraction of sp³-hybridized carbons (Fsp3) is 0.235. The second-order valence-electron chi connectivity index (χ2n) is 5.04. The standard InChI is InChI=1S/C17H18N2O3S2/c1-2-20-21-10-13(14-4-3-7-23-14)22-12-6-5-11-8-16(17(18)19)24-15(11)9-12/h3-9,13H,2,10H2,1H3,(H3,18,19). The molecule has 3 rings (SSSR count). The van der Waals surface area contributed by atoms with E-state index >= 15 is 0 Å². The van der Waals surface area contributed by atoms with Crippen LogP contribution in [-0.4, -0.2) is 19.0 Å². The molecule has 1 aromatic carbocycles. The molecule has 2 heterocycles. The highest BCUT2D eigenvalue weighted by molar-refractivity contribution is 7.20. The molecule has 1 atom stereocenters. The van der Waals surface area contributed by atoms with Gasteiger partial charge in [0.25, 0.3) is 0 Å². The summed E-state index contributed by atoms with van der Waals surface area (Å²) in [4.78, 5) is 12.0. The third-order valence-corrected chi connectivity index (χ3v) is 5.41. The van der Waals surface area contributed by atoms with E-state index in [1.54, 1.807) is 11.3 Å². The molecule has 0 aliphatic carbocycles. The van der Waals surface area contributed by atoms with Gasteiger partial charge < -0.3 is 10.5 Å². The molecule has 0 spiro atoms. The highest BCUT2D eigenvalue weighted by Crippen LogP contribution is 2.32. The van der Waals surface area contributed by atoms with E-state index in [0.29, 0.717) is 13.2 Å². The van der Waals surface area contributed by atoms with Crippen molar-refractivity contribution in [2.75, 3.05) is 13.2 Å². The lowest BCUT2D eigenvalue weighted by atomic mass is 10.2. The normalized spacial score (nSPS) is 12.4. The Morgan fingerprint density at radius 2 is 2.12 bits per heavy atom. The second kappa shape index (κ2) is 7.76. The van der Waals surface area contributed by atoms with Crippen LogP contribution in [-0.2, 0) is 9.78 Å². The molecule has 3 aromatic rings. The second-order valence-corrected chi connectivity index (χ2v) is 7.10. The average Bonchev–Trinajstić information content (AvgIpc) is 3.23. The molecule has 0 aliphatic heterocycles. The van der Waals surface area contributed by atoms with Crippen LogP contribution in [0, 0.1) is 5.41 Å². The van der Waals surface area contributed by atoms with E-state index in [1.165, 1.54) is 11.3 Å². The van der Waals surface area contributed by atoms with Crippen molar-refractivity contribution in [2.45, 2.75) is 13.0 Å². The molecule has 0 aliphatic rings. The lowest BCUT2D eigenvalue weighted by molar-refractivity contribution is -0.300. The topological polar surface area (TPSA) is 77.6 Å². The van der Waals surface area contributed by atoms with E-state index in [1.807, 2.05) is 48.7 Å². The first-order valence-electron chi connectivity index (χ1n) is 7.50. The van der Waals surface area contributed by atoms with Gasteiger partial charge in [0.05, 0.1) is 11.5 Å². The molecule has 126 valence electrons. The Balaban J connectivity index is 1.80. The van der Waals surface area contributed by atoms with Crippen LogP contribution in [0.15, 0.2) is 41.8 Å². The molecule has 2 aromatic heterocycles. The first kappa shape index (κ1) is 16.9. The van der Waals surface area contributed by atoms with Crippen LogP contribution < -0.4 is 10.5 Å². The van der Waals surface area contributed by atoms with Crippen molar-refractivity contribution in [3.63, 3.8) is 0 Å². The number of amidine groups is 1. The zero-order chi connectivity index (χ0) is 16.9. The largest absolute Gasteiger partial charge is 0.482 e. The predicted molar refractivity (Wildman–Crippen MR) is 98.1 cm³/mol. The molecule has 5 nitrogen and oxygen atoms in total. The van der Waals surface area contributed by atoms with Gasteiger partial charge in [0.2, 0.25) is 0 Å². The fourth-order valence-electron chi connectivity index (χ4n) is 2.22. The minimum atomic E-state index is -0.235. The van der Waals surface area contributed by atoms with E-state index in [2.05, 4.69) is 0 Å². The number of thiophene rings is 2. The van der Waals surface area contributed by atoms with Crippen LogP contribution >= 0.6 is 22.7 Å². The fourth-order valence-corrected chi connectivity index (χ4v) is 3.92. The Morgan fingerprint density at radius 1 is 1.25 bits per heavy atom. The highest BCUT2D eigenvalue weighted by atomic mass is 32.1. The summed E-state index contributed by atoms with van der Waals surface area (Å²) in [6.45, 7) is 2.68. The zero-order valence-electron chi connectivity index (χ0n) is 13.2. The Hall–Kier alpha value is -1.93. The van der Waals surface area contributed by atoms with Gasteiger partial charge in [-0.25, -0.2) is 9.78 Å². The van der Waals surface area contributed by atoms with Gasteiger partial charge in [0, 0.05) is 9.58 Å². The van der Waals surface area contributed by atoms with Crippen LogP contribution in [0.25, 0.3) is 10.1 Å². The van der Waals surface area contributed by atoms with Gasteiger partial charge in [-0.2, -0.15) is 0 Å². The molecule has 7 heteroatoms. The monoisotopic (exact) mass is 362 g/mol. The van der Waals surface area contributed by atoms with E-state index in [4.69, 9.17) is 25.7 Å². The van der Waals surface area contributed by atoms with Crippen molar-refractivity contribution in [3.05, 3.63) is 51.5 Å². The van der Waals surface area contributed by atoms with Crippen molar-refractivity contribution >= 4 is 38.6 Å². The van der Waals surface area contributed by atoms with Crippen LogP contribution in [0.1, 0.15) is 22.8 Å². The molecular formula is C17H18N2O3S2. The van der Waals surface area contributed by atoms with Crippen molar-refractivity contribution in [3.8, 4) is 5.75 Å². The minimum Gasteiger partial charge on any atom is -0.482 e. The average molecular weight is 362 g/mol. The van der Waals surface area contributed by atoms with E-state index in [-0.39, 0.29) is 11.9 Å². The van der Waals surface area contributed by atoms with Gasteiger partial charge in [0.15, 0.2) is 6.10 Å². The predicted octanol–water partition coefficient (Wildman–Crippen LogP) is 4.34. The first-order valence-corrected chi connectivity index (χ1v) is 9.19. The summed E-state index contributed by atoms with van der Waals surface area (Å²) in [7, 11) is 0. The molecule has 0 saturated heterocycles. The number of nitrogen functional groups attached to an aromatic ring is 1. The van der Waals surface area contributed by atoms with Crippen LogP contribution in [0.4, 0.5) is 0 Å². The highest BCUT2D eigenvalue weighted by Gasteiger charge is 2.16.